The summed E-state index contributed by atoms with van der Waals surface area (Å²) in [5.41, 5.74) is 2.90. The lowest BCUT2D eigenvalue weighted by atomic mass is 10.1. The first-order chi connectivity index (χ1) is 14.6. The molecule has 1 amide bonds. The van der Waals surface area contributed by atoms with Crippen molar-refractivity contribution in [1.29, 1.82) is 0 Å². The summed E-state index contributed by atoms with van der Waals surface area (Å²) < 4.78 is 2.08. The van der Waals surface area contributed by atoms with E-state index in [2.05, 4.69) is 37.1 Å². The Labute approximate surface area is 181 Å². The predicted molar refractivity (Wildman–Crippen MR) is 123 cm³/mol. The minimum absolute atomic E-state index is 0.0450. The molecule has 0 bridgehead atoms. The van der Waals surface area contributed by atoms with E-state index in [1.54, 1.807) is 0 Å². The molecule has 0 spiro atoms. The highest BCUT2D eigenvalue weighted by molar-refractivity contribution is 8.00. The number of hydrogen-bond acceptors (Lipinski definition) is 5. The Morgan fingerprint density at radius 3 is 2.43 bits per heavy atom. The largest absolute Gasteiger partial charge is 0.341 e. The van der Waals surface area contributed by atoms with Gasteiger partial charge >= 0.3 is 0 Å². The number of piperidine rings is 1. The van der Waals surface area contributed by atoms with Gasteiger partial charge in [0.05, 0.1) is 10.9 Å². The average molecular weight is 422 g/mol. The van der Waals surface area contributed by atoms with Gasteiger partial charge in [-0.05, 0) is 56.9 Å². The number of rotatable bonds is 6. The van der Waals surface area contributed by atoms with E-state index in [1.165, 1.54) is 31.0 Å². The Balaban J connectivity index is 1.58. The lowest BCUT2D eigenvalue weighted by Gasteiger charge is -2.28. The van der Waals surface area contributed by atoms with Gasteiger partial charge in [0, 0.05) is 18.8 Å². The van der Waals surface area contributed by atoms with E-state index in [0.717, 1.165) is 41.1 Å². The number of carbonyl (C=O) groups is 1. The molecular formula is C23H27N5OS. The van der Waals surface area contributed by atoms with Crippen LogP contribution in [0, 0.1) is 6.92 Å². The summed E-state index contributed by atoms with van der Waals surface area (Å²) in [6, 6.07) is 17.9. The van der Waals surface area contributed by atoms with E-state index >= 15 is 0 Å². The van der Waals surface area contributed by atoms with E-state index in [0.29, 0.717) is 0 Å². The van der Waals surface area contributed by atoms with Crippen molar-refractivity contribution in [3.63, 3.8) is 0 Å². The molecule has 7 heteroatoms. The molecule has 0 aliphatic carbocycles. The molecule has 4 rings (SSSR count). The smallest absolute Gasteiger partial charge is 0.237 e. The van der Waals surface area contributed by atoms with E-state index in [9.17, 15) is 4.79 Å². The molecule has 1 saturated heterocycles. The molecule has 156 valence electrons. The zero-order valence-corrected chi connectivity index (χ0v) is 18.2. The van der Waals surface area contributed by atoms with Gasteiger partial charge in [-0.25, -0.2) is 0 Å². The molecule has 6 nitrogen and oxygen atoms in total. The maximum absolute atomic E-state index is 12.8. The fourth-order valence-corrected chi connectivity index (χ4v) is 4.46. The summed E-state index contributed by atoms with van der Waals surface area (Å²) in [7, 11) is 0. The van der Waals surface area contributed by atoms with Crippen LogP contribution in [-0.2, 0) is 4.79 Å². The third-order valence-electron chi connectivity index (χ3n) is 5.32. The molecule has 1 fully saturated rings. The fraction of sp³-hybridized carbons (Fsp3) is 0.348. The molecule has 30 heavy (non-hydrogen) atoms. The Hall–Kier alpha value is -2.80. The molecule has 1 aliphatic heterocycles. The lowest BCUT2D eigenvalue weighted by molar-refractivity contribution is -0.115. The number of carbonyl (C=O) groups excluding carboxylic acids is 1. The number of aryl methyl sites for hydroxylation is 1. The summed E-state index contributed by atoms with van der Waals surface area (Å²) in [6.07, 6.45) is 3.59. The SMILES string of the molecule is Cc1ccccc1NC(=O)C(C)Sc1nnc(N2CCCCC2)n1-c1ccccc1. The van der Waals surface area contributed by atoms with Crippen LogP contribution in [0.1, 0.15) is 31.7 Å². The number of benzene rings is 2. The topological polar surface area (TPSA) is 63.1 Å². The van der Waals surface area contributed by atoms with E-state index in [4.69, 9.17) is 0 Å². The van der Waals surface area contributed by atoms with Crippen LogP contribution < -0.4 is 10.2 Å². The molecule has 3 aromatic rings. The Morgan fingerprint density at radius 1 is 1.00 bits per heavy atom. The number of hydrogen-bond donors (Lipinski definition) is 1. The van der Waals surface area contributed by atoms with Gasteiger partial charge in [-0.15, -0.1) is 10.2 Å². The first kappa shape index (κ1) is 20.5. The van der Waals surface area contributed by atoms with Crippen molar-refractivity contribution in [2.75, 3.05) is 23.3 Å². The second kappa shape index (κ2) is 9.34. The standard InChI is InChI=1S/C23H27N5OS/c1-17-11-7-8-14-20(17)24-21(29)18(2)30-23-26-25-22(27-15-9-4-10-16-27)28(23)19-12-5-3-6-13-19/h3,5-8,11-14,18H,4,9-10,15-16H2,1-2H3,(H,24,29). The molecule has 1 aliphatic rings. The molecule has 1 atom stereocenters. The van der Waals surface area contributed by atoms with Crippen molar-refractivity contribution in [3.05, 3.63) is 60.2 Å². The summed E-state index contributed by atoms with van der Waals surface area (Å²) >= 11 is 1.43. The fourth-order valence-electron chi connectivity index (χ4n) is 3.60. The molecule has 1 aromatic heterocycles. The highest BCUT2D eigenvalue weighted by Crippen LogP contribution is 2.31. The number of nitrogens with zero attached hydrogens (tertiary/aromatic N) is 4. The number of para-hydroxylation sites is 2. The summed E-state index contributed by atoms with van der Waals surface area (Å²) in [5, 5.41) is 12.4. The van der Waals surface area contributed by atoms with Crippen molar-refractivity contribution in [3.8, 4) is 5.69 Å². The second-order valence-electron chi connectivity index (χ2n) is 7.57. The van der Waals surface area contributed by atoms with Crippen molar-refractivity contribution in [2.24, 2.45) is 0 Å². The zero-order chi connectivity index (χ0) is 20.9. The Bertz CT molecular complexity index is 998. The first-order valence-electron chi connectivity index (χ1n) is 10.4. The van der Waals surface area contributed by atoms with Crippen LogP contribution in [-0.4, -0.2) is 39.0 Å². The summed E-state index contributed by atoms with van der Waals surface area (Å²) in [5.74, 6) is 0.811. The third-order valence-corrected chi connectivity index (χ3v) is 6.37. The monoisotopic (exact) mass is 421 g/mol. The van der Waals surface area contributed by atoms with Crippen molar-refractivity contribution in [2.45, 2.75) is 43.5 Å². The van der Waals surface area contributed by atoms with E-state index in [1.807, 2.05) is 56.3 Å². The summed E-state index contributed by atoms with van der Waals surface area (Å²) in [4.78, 5) is 15.1. The van der Waals surface area contributed by atoms with Gasteiger partial charge in [0.15, 0.2) is 5.16 Å². The van der Waals surface area contributed by atoms with Gasteiger partial charge < -0.3 is 10.2 Å². The van der Waals surface area contributed by atoms with Gasteiger partial charge in [-0.2, -0.15) is 0 Å². The number of aromatic nitrogens is 3. The number of anilines is 2. The Morgan fingerprint density at radius 2 is 1.70 bits per heavy atom. The van der Waals surface area contributed by atoms with Gasteiger partial charge in [-0.1, -0.05) is 48.2 Å². The zero-order valence-electron chi connectivity index (χ0n) is 17.4. The lowest BCUT2D eigenvalue weighted by Crippen LogP contribution is -2.31. The first-order valence-corrected chi connectivity index (χ1v) is 11.3. The van der Waals surface area contributed by atoms with Crippen LogP contribution in [0.15, 0.2) is 59.8 Å². The van der Waals surface area contributed by atoms with Crippen LogP contribution in [0.4, 0.5) is 11.6 Å². The van der Waals surface area contributed by atoms with E-state index < -0.39 is 0 Å². The molecule has 0 radical (unpaired) electrons. The minimum atomic E-state index is -0.314. The predicted octanol–water partition coefficient (Wildman–Crippen LogP) is 4.69. The van der Waals surface area contributed by atoms with Crippen molar-refractivity contribution < 1.29 is 4.79 Å². The van der Waals surface area contributed by atoms with Crippen LogP contribution in [0.5, 0.6) is 0 Å². The maximum Gasteiger partial charge on any atom is 0.237 e. The van der Waals surface area contributed by atoms with Crippen LogP contribution in [0.3, 0.4) is 0 Å². The van der Waals surface area contributed by atoms with Gasteiger partial charge in [-0.3, -0.25) is 9.36 Å². The molecule has 1 unspecified atom stereocenters. The van der Waals surface area contributed by atoms with Gasteiger partial charge in [0.1, 0.15) is 0 Å². The maximum atomic E-state index is 12.8. The summed E-state index contributed by atoms with van der Waals surface area (Å²) in [6.45, 7) is 5.87. The molecular weight excluding hydrogens is 394 g/mol. The van der Waals surface area contributed by atoms with Crippen LogP contribution in [0.2, 0.25) is 0 Å². The molecule has 2 heterocycles. The normalized spacial score (nSPS) is 15.1. The van der Waals surface area contributed by atoms with Crippen LogP contribution in [0.25, 0.3) is 5.69 Å². The minimum Gasteiger partial charge on any atom is -0.341 e. The average Bonchev–Trinajstić information content (AvgIpc) is 3.20. The molecule has 1 N–H and O–H groups in total. The number of thioether (sulfide) groups is 1. The third kappa shape index (κ3) is 4.51. The highest BCUT2D eigenvalue weighted by atomic mass is 32.2. The molecule has 0 saturated carbocycles. The van der Waals surface area contributed by atoms with Gasteiger partial charge in [0.25, 0.3) is 0 Å². The Kier molecular flexibility index (Phi) is 6.38. The van der Waals surface area contributed by atoms with Crippen LogP contribution >= 0.6 is 11.8 Å². The number of amides is 1. The number of nitrogens with one attached hydrogen (secondary N) is 1. The quantitative estimate of drug-likeness (QED) is 0.585. The van der Waals surface area contributed by atoms with Gasteiger partial charge in [0.2, 0.25) is 11.9 Å². The van der Waals surface area contributed by atoms with E-state index in [-0.39, 0.29) is 11.2 Å². The molecule has 2 aromatic carbocycles. The highest BCUT2D eigenvalue weighted by Gasteiger charge is 2.24. The second-order valence-corrected chi connectivity index (χ2v) is 8.87. The van der Waals surface area contributed by atoms with Crippen molar-refractivity contribution in [1.82, 2.24) is 14.8 Å². The van der Waals surface area contributed by atoms with Crippen molar-refractivity contribution >= 4 is 29.3 Å².